The molecule has 2 aromatic carbocycles. The van der Waals surface area contributed by atoms with Crippen LogP contribution in [-0.2, 0) is 0 Å². The maximum Gasteiger partial charge on any atom is 0.288 e. The van der Waals surface area contributed by atoms with E-state index in [-0.39, 0.29) is 22.7 Å². The first-order chi connectivity index (χ1) is 12.6. The first-order valence-corrected chi connectivity index (χ1v) is 9.10. The quantitative estimate of drug-likeness (QED) is 0.440. The Labute approximate surface area is 156 Å². The summed E-state index contributed by atoms with van der Waals surface area (Å²) >= 11 is 5.99. The van der Waals surface area contributed by atoms with Gasteiger partial charge in [0, 0.05) is 12.0 Å². The molecule has 0 aromatic heterocycles. The number of halogens is 1. The van der Waals surface area contributed by atoms with E-state index < -0.39 is 4.92 Å². The lowest BCUT2D eigenvalue weighted by molar-refractivity contribution is -0.384. The molecule has 2 aromatic rings. The molecule has 0 saturated carbocycles. The van der Waals surface area contributed by atoms with Crippen LogP contribution in [0.2, 0.25) is 5.02 Å². The van der Waals surface area contributed by atoms with E-state index in [4.69, 9.17) is 16.3 Å². The molecule has 6 heteroatoms. The molecule has 1 heterocycles. The molecule has 2 aliphatic rings. The molecule has 134 valence electrons. The van der Waals surface area contributed by atoms with Gasteiger partial charge < -0.3 is 10.1 Å². The van der Waals surface area contributed by atoms with Gasteiger partial charge in [0.1, 0.15) is 10.8 Å². The predicted molar refractivity (Wildman–Crippen MR) is 102 cm³/mol. The number of anilines is 1. The molecule has 0 saturated heterocycles. The number of hydrogen-bond acceptors (Lipinski definition) is 4. The fourth-order valence-corrected chi connectivity index (χ4v) is 4.25. The lowest BCUT2D eigenvalue weighted by atomic mass is 9.77. The van der Waals surface area contributed by atoms with Crippen molar-refractivity contribution in [3.8, 4) is 5.75 Å². The second-order valence-corrected chi connectivity index (χ2v) is 7.00. The van der Waals surface area contributed by atoms with Gasteiger partial charge in [0.15, 0.2) is 0 Å². The van der Waals surface area contributed by atoms with Crippen LogP contribution in [0.25, 0.3) is 0 Å². The molecule has 0 amide bonds. The first-order valence-electron chi connectivity index (χ1n) is 8.73. The Morgan fingerprint density at radius 3 is 2.96 bits per heavy atom. The molecule has 0 radical (unpaired) electrons. The van der Waals surface area contributed by atoms with E-state index in [0.717, 1.165) is 23.4 Å². The highest BCUT2D eigenvalue weighted by Gasteiger charge is 2.39. The van der Waals surface area contributed by atoms with Crippen molar-refractivity contribution in [3.63, 3.8) is 0 Å². The number of benzene rings is 2. The largest absolute Gasteiger partial charge is 0.492 e. The zero-order chi connectivity index (χ0) is 18.3. The number of hydrogen-bond donors (Lipinski definition) is 1. The van der Waals surface area contributed by atoms with Crippen LogP contribution in [0, 0.1) is 16.0 Å². The minimum absolute atomic E-state index is 0.0416. The topological polar surface area (TPSA) is 64.4 Å². The third-order valence-corrected chi connectivity index (χ3v) is 5.50. The molecule has 4 rings (SSSR count). The van der Waals surface area contributed by atoms with E-state index in [1.165, 1.54) is 5.56 Å². The van der Waals surface area contributed by atoms with E-state index in [2.05, 4.69) is 23.5 Å². The number of fused-ring (bicyclic) bond motifs is 3. The summed E-state index contributed by atoms with van der Waals surface area (Å²) in [7, 11) is 0. The summed E-state index contributed by atoms with van der Waals surface area (Å²) in [6.45, 7) is 2.54. The highest BCUT2D eigenvalue weighted by atomic mass is 35.5. The average molecular weight is 371 g/mol. The molecule has 5 nitrogen and oxygen atoms in total. The fourth-order valence-electron chi connectivity index (χ4n) is 4.06. The summed E-state index contributed by atoms with van der Waals surface area (Å²) in [6.07, 6.45) is 5.35. The molecular weight excluding hydrogens is 352 g/mol. The highest BCUT2D eigenvalue weighted by molar-refractivity contribution is 6.32. The zero-order valence-electron chi connectivity index (χ0n) is 14.3. The monoisotopic (exact) mass is 370 g/mol. The molecule has 1 aliphatic heterocycles. The van der Waals surface area contributed by atoms with Crippen LogP contribution in [0.5, 0.6) is 5.75 Å². The molecule has 3 unspecified atom stereocenters. The number of nitrogens with one attached hydrogen (secondary N) is 1. The highest BCUT2D eigenvalue weighted by Crippen LogP contribution is 2.52. The average Bonchev–Trinajstić information content (AvgIpc) is 3.12. The van der Waals surface area contributed by atoms with Crippen molar-refractivity contribution < 1.29 is 9.66 Å². The van der Waals surface area contributed by atoms with Gasteiger partial charge in [-0.15, -0.1) is 0 Å². The first kappa shape index (κ1) is 16.9. The van der Waals surface area contributed by atoms with Gasteiger partial charge in [-0.05, 0) is 42.5 Å². The number of nitrogens with zero attached hydrogens (tertiary/aromatic N) is 1. The maximum absolute atomic E-state index is 11.3. The van der Waals surface area contributed by atoms with E-state index in [0.29, 0.717) is 12.5 Å². The van der Waals surface area contributed by atoms with Crippen molar-refractivity contribution in [1.29, 1.82) is 0 Å². The van der Waals surface area contributed by atoms with Crippen molar-refractivity contribution in [3.05, 3.63) is 74.8 Å². The fraction of sp³-hybridized carbons (Fsp3) is 0.300. The van der Waals surface area contributed by atoms with Crippen LogP contribution in [0.15, 0.2) is 48.6 Å². The summed E-state index contributed by atoms with van der Waals surface area (Å²) in [4.78, 5) is 10.9. The van der Waals surface area contributed by atoms with Crippen molar-refractivity contribution >= 4 is 23.0 Å². The zero-order valence-corrected chi connectivity index (χ0v) is 15.1. The Morgan fingerprint density at radius 1 is 1.35 bits per heavy atom. The second kappa shape index (κ2) is 6.65. The Hall–Kier alpha value is -2.53. The molecular formula is C20H19ClN2O3. The van der Waals surface area contributed by atoms with Crippen LogP contribution in [0.3, 0.4) is 0 Å². The number of nitro benzene ring substituents is 1. The van der Waals surface area contributed by atoms with Gasteiger partial charge in [0.05, 0.1) is 23.3 Å². The molecule has 1 aliphatic carbocycles. The van der Waals surface area contributed by atoms with E-state index >= 15 is 0 Å². The Balaban J connectivity index is 1.80. The standard InChI is InChI=1S/C20H19ClN2O3/c1-2-26-18-8-4-7-15-13-5-3-6-14(13)19(22-20(15)18)12-9-10-16(21)17(11-12)23(24)25/h3-5,7-11,13-14,19,22H,2,6H2,1H3. The van der Waals surface area contributed by atoms with Crippen molar-refractivity contribution in [2.75, 3.05) is 11.9 Å². The lowest BCUT2D eigenvalue weighted by Crippen LogP contribution is -2.29. The SMILES string of the molecule is CCOc1cccc2c1NC(c1ccc(Cl)c([N+](=O)[O-])c1)C1CC=CC21. The summed E-state index contributed by atoms with van der Waals surface area (Å²) in [5, 5.41) is 15.0. The smallest absolute Gasteiger partial charge is 0.288 e. The normalized spacial score (nSPS) is 23.1. The molecule has 1 N–H and O–H groups in total. The van der Waals surface area contributed by atoms with E-state index in [1.54, 1.807) is 12.1 Å². The predicted octanol–water partition coefficient (Wildman–Crippen LogP) is 5.47. The number of para-hydroxylation sites is 1. The minimum Gasteiger partial charge on any atom is -0.492 e. The molecule has 26 heavy (non-hydrogen) atoms. The van der Waals surface area contributed by atoms with Gasteiger partial charge >= 0.3 is 0 Å². The van der Waals surface area contributed by atoms with Gasteiger partial charge in [-0.3, -0.25) is 10.1 Å². The van der Waals surface area contributed by atoms with Crippen LogP contribution in [0.4, 0.5) is 11.4 Å². The minimum atomic E-state index is -0.432. The Kier molecular flexibility index (Phi) is 4.32. The van der Waals surface area contributed by atoms with Crippen LogP contribution in [0.1, 0.15) is 36.4 Å². The Morgan fingerprint density at radius 2 is 2.19 bits per heavy atom. The van der Waals surface area contributed by atoms with Gasteiger partial charge in [-0.2, -0.15) is 0 Å². The van der Waals surface area contributed by atoms with Gasteiger partial charge in [-0.1, -0.05) is 42.0 Å². The third kappa shape index (κ3) is 2.72. The van der Waals surface area contributed by atoms with Gasteiger partial charge in [0.25, 0.3) is 5.69 Å². The van der Waals surface area contributed by atoms with Crippen LogP contribution < -0.4 is 10.1 Å². The summed E-state index contributed by atoms with van der Waals surface area (Å²) in [5.74, 6) is 1.39. The summed E-state index contributed by atoms with van der Waals surface area (Å²) in [5.41, 5.74) is 3.01. The summed E-state index contributed by atoms with van der Waals surface area (Å²) < 4.78 is 5.80. The van der Waals surface area contributed by atoms with E-state index in [9.17, 15) is 10.1 Å². The van der Waals surface area contributed by atoms with Gasteiger partial charge in [-0.25, -0.2) is 0 Å². The molecule has 3 atom stereocenters. The third-order valence-electron chi connectivity index (χ3n) is 5.18. The van der Waals surface area contributed by atoms with E-state index in [1.807, 2.05) is 25.1 Å². The molecule has 0 bridgehead atoms. The number of rotatable bonds is 4. The molecule has 0 fully saturated rings. The lowest BCUT2D eigenvalue weighted by Gasteiger charge is -2.38. The Bertz CT molecular complexity index is 897. The maximum atomic E-state index is 11.3. The van der Waals surface area contributed by atoms with Crippen molar-refractivity contribution in [1.82, 2.24) is 0 Å². The van der Waals surface area contributed by atoms with Crippen LogP contribution >= 0.6 is 11.6 Å². The van der Waals surface area contributed by atoms with Gasteiger partial charge in [0.2, 0.25) is 0 Å². The number of ether oxygens (including phenoxy) is 1. The number of allylic oxidation sites excluding steroid dienone is 2. The summed E-state index contributed by atoms with van der Waals surface area (Å²) in [6, 6.07) is 11.1. The van der Waals surface area contributed by atoms with Crippen molar-refractivity contribution in [2.24, 2.45) is 5.92 Å². The van der Waals surface area contributed by atoms with Crippen molar-refractivity contribution in [2.45, 2.75) is 25.3 Å². The molecule has 0 spiro atoms. The van der Waals surface area contributed by atoms with Crippen LogP contribution in [-0.4, -0.2) is 11.5 Å². The second-order valence-electron chi connectivity index (χ2n) is 6.60. The number of nitro groups is 1.